The zero-order valence-corrected chi connectivity index (χ0v) is 10.6. The predicted octanol–water partition coefficient (Wildman–Crippen LogP) is -1.12. The van der Waals surface area contributed by atoms with Gasteiger partial charge in [-0.1, -0.05) is 0 Å². The number of nitrogens with one attached hydrogen (secondary N) is 3. The molecular weight excluding hydrogens is 246 g/mol. The minimum atomic E-state index is -0.278. The van der Waals surface area contributed by atoms with Crippen LogP contribution in [0.15, 0.2) is 12.7 Å². The molecule has 1 aliphatic heterocycles. The Morgan fingerprint density at radius 2 is 2.37 bits per heavy atom. The zero-order chi connectivity index (χ0) is 13.2. The number of aromatic amines is 1. The Morgan fingerprint density at radius 3 is 3.21 bits per heavy atom. The van der Waals surface area contributed by atoms with E-state index >= 15 is 0 Å². The van der Waals surface area contributed by atoms with E-state index in [2.05, 4.69) is 30.6 Å². The minimum absolute atomic E-state index is 0.0292. The van der Waals surface area contributed by atoms with Crippen LogP contribution < -0.4 is 15.5 Å². The van der Waals surface area contributed by atoms with E-state index in [0.717, 1.165) is 17.9 Å². The highest BCUT2D eigenvalue weighted by Gasteiger charge is 2.30. The number of likely N-dealkylation sites (N-methyl/N-ethyl adjacent to an activating group) is 1. The number of aromatic nitrogens is 4. The molecule has 0 aromatic carbocycles. The van der Waals surface area contributed by atoms with E-state index in [4.69, 9.17) is 0 Å². The van der Waals surface area contributed by atoms with Gasteiger partial charge in [0.1, 0.15) is 17.9 Å². The summed E-state index contributed by atoms with van der Waals surface area (Å²) in [5.41, 5.74) is 1.37. The molecule has 0 bridgehead atoms. The molecule has 8 heteroatoms. The van der Waals surface area contributed by atoms with Gasteiger partial charge in [0.05, 0.1) is 6.33 Å². The van der Waals surface area contributed by atoms with Crippen molar-refractivity contribution in [2.75, 3.05) is 31.6 Å². The van der Waals surface area contributed by atoms with Gasteiger partial charge in [0, 0.05) is 26.7 Å². The van der Waals surface area contributed by atoms with Gasteiger partial charge >= 0.3 is 0 Å². The molecule has 0 aliphatic carbocycles. The fraction of sp³-hybridized carbons (Fsp3) is 0.455. The molecule has 0 spiro atoms. The Kier molecular flexibility index (Phi) is 3.00. The Morgan fingerprint density at radius 1 is 1.47 bits per heavy atom. The molecule has 0 saturated carbocycles. The molecule has 1 unspecified atom stereocenters. The molecular formula is C11H15N7O. The van der Waals surface area contributed by atoms with Crippen LogP contribution in [-0.4, -0.2) is 58.6 Å². The number of anilines is 1. The van der Waals surface area contributed by atoms with E-state index in [-0.39, 0.29) is 11.9 Å². The Balaban J connectivity index is 2.02. The van der Waals surface area contributed by atoms with Crippen molar-refractivity contribution in [3.63, 3.8) is 0 Å². The minimum Gasteiger partial charge on any atom is -0.357 e. The zero-order valence-electron chi connectivity index (χ0n) is 10.6. The van der Waals surface area contributed by atoms with E-state index in [0.29, 0.717) is 18.7 Å². The van der Waals surface area contributed by atoms with E-state index < -0.39 is 0 Å². The molecule has 2 aromatic heterocycles. The SMILES string of the molecule is CNC(=O)C1CNCCN1c1ncnc2nc[nH]c12. The molecule has 1 fully saturated rings. The summed E-state index contributed by atoms with van der Waals surface area (Å²) in [5.74, 6) is 0.691. The second-order valence-electron chi connectivity index (χ2n) is 4.33. The van der Waals surface area contributed by atoms with Crippen LogP contribution in [0, 0.1) is 0 Å². The van der Waals surface area contributed by atoms with Crippen LogP contribution in [-0.2, 0) is 4.79 Å². The lowest BCUT2D eigenvalue weighted by molar-refractivity contribution is -0.122. The smallest absolute Gasteiger partial charge is 0.243 e. The average Bonchev–Trinajstić information content (AvgIpc) is 2.94. The highest BCUT2D eigenvalue weighted by Crippen LogP contribution is 2.22. The standard InChI is InChI=1S/C11H15N7O/c1-12-11(19)7-4-13-2-3-18(7)10-8-9(15-5-14-8)16-6-17-10/h5-7,13H,2-4H2,1H3,(H,12,19)(H,14,15,16,17). The largest absolute Gasteiger partial charge is 0.357 e. The second kappa shape index (κ2) is 4.81. The summed E-state index contributed by atoms with van der Waals surface area (Å²) in [6.07, 6.45) is 3.06. The fourth-order valence-electron chi connectivity index (χ4n) is 2.33. The number of hydrogen-bond acceptors (Lipinski definition) is 6. The maximum absolute atomic E-state index is 12.0. The van der Waals surface area contributed by atoms with Crippen molar-refractivity contribution in [1.29, 1.82) is 0 Å². The highest BCUT2D eigenvalue weighted by molar-refractivity contribution is 5.89. The first-order valence-corrected chi connectivity index (χ1v) is 6.14. The van der Waals surface area contributed by atoms with E-state index in [1.807, 2.05) is 4.90 Å². The molecule has 19 heavy (non-hydrogen) atoms. The molecule has 100 valence electrons. The summed E-state index contributed by atoms with van der Waals surface area (Å²) in [6, 6.07) is -0.278. The van der Waals surface area contributed by atoms with Crippen LogP contribution in [0.5, 0.6) is 0 Å². The Bertz CT molecular complexity index is 595. The lowest BCUT2D eigenvalue weighted by Crippen LogP contribution is -2.58. The van der Waals surface area contributed by atoms with Crippen molar-refractivity contribution < 1.29 is 4.79 Å². The predicted molar refractivity (Wildman–Crippen MR) is 69.8 cm³/mol. The first kappa shape index (κ1) is 11.8. The number of imidazole rings is 1. The van der Waals surface area contributed by atoms with Gasteiger partial charge in [0.25, 0.3) is 0 Å². The maximum Gasteiger partial charge on any atom is 0.243 e. The molecule has 3 heterocycles. The summed E-state index contributed by atoms with van der Waals surface area (Å²) in [4.78, 5) is 29.5. The first-order valence-electron chi connectivity index (χ1n) is 6.14. The summed E-state index contributed by atoms with van der Waals surface area (Å²) in [6.45, 7) is 2.12. The monoisotopic (exact) mass is 261 g/mol. The van der Waals surface area contributed by atoms with Crippen molar-refractivity contribution in [2.45, 2.75) is 6.04 Å². The number of carbonyl (C=O) groups excluding carboxylic acids is 1. The number of carbonyl (C=O) groups is 1. The molecule has 3 rings (SSSR count). The number of nitrogens with zero attached hydrogens (tertiary/aromatic N) is 4. The second-order valence-corrected chi connectivity index (χ2v) is 4.33. The summed E-state index contributed by atoms with van der Waals surface area (Å²) >= 11 is 0. The summed E-state index contributed by atoms with van der Waals surface area (Å²) < 4.78 is 0. The molecule has 1 saturated heterocycles. The quantitative estimate of drug-likeness (QED) is 0.633. The van der Waals surface area contributed by atoms with Gasteiger partial charge in [-0.2, -0.15) is 0 Å². The molecule has 8 nitrogen and oxygen atoms in total. The van der Waals surface area contributed by atoms with Gasteiger partial charge in [-0.25, -0.2) is 15.0 Å². The van der Waals surface area contributed by atoms with Gasteiger partial charge in [0.2, 0.25) is 5.91 Å². The van der Waals surface area contributed by atoms with E-state index in [1.165, 1.54) is 6.33 Å². The molecule has 1 atom stereocenters. The average molecular weight is 261 g/mol. The van der Waals surface area contributed by atoms with Crippen molar-refractivity contribution in [3.8, 4) is 0 Å². The van der Waals surface area contributed by atoms with E-state index in [9.17, 15) is 4.79 Å². The number of H-pyrrole nitrogens is 1. The van der Waals surface area contributed by atoms with Crippen molar-refractivity contribution in [2.24, 2.45) is 0 Å². The third-order valence-corrected chi connectivity index (χ3v) is 3.27. The molecule has 1 amide bonds. The first-order chi connectivity index (χ1) is 9.31. The van der Waals surface area contributed by atoms with Crippen LogP contribution in [0.2, 0.25) is 0 Å². The normalized spacial score (nSPS) is 19.6. The van der Waals surface area contributed by atoms with Crippen molar-refractivity contribution in [1.82, 2.24) is 30.6 Å². The van der Waals surface area contributed by atoms with Gasteiger partial charge in [-0.3, -0.25) is 4.79 Å². The third kappa shape index (κ3) is 1.99. The molecule has 0 radical (unpaired) electrons. The van der Waals surface area contributed by atoms with Gasteiger partial charge < -0.3 is 20.5 Å². The van der Waals surface area contributed by atoms with Gasteiger partial charge in [-0.15, -0.1) is 0 Å². The maximum atomic E-state index is 12.0. The summed E-state index contributed by atoms with van der Waals surface area (Å²) in [5, 5.41) is 5.91. The van der Waals surface area contributed by atoms with Crippen LogP contribution in [0.4, 0.5) is 5.82 Å². The number of rotatable bonds is 2. The van der Waals surface area contributed by atoms with E-state index in [1.54, 1.807) is 13.4 Å². The van der Waals surface area contributed by atoms with Crippen LogP contribution in [0.25, 0.3) is 11.2 Å². The number of fused-ring (bicyclic) bond motifs is 1. The van der Waals surface area contributed by atoms with Gasteiger partial charge in [-0.05, 0) is 0 Å². The lowest BCUT2D eigenvalue weighted by Gasteiger charge is -2.35. The number of amides is 1. The number of piperazine rings is 1. The third-order valence-electron chi connectivity index (χ3n) is 3.27. The number of hydrogen-bond donors (Lipinski definition) is 3. The molecule has 2 aromatic rings. The Labute approximate surface area is 109 Å². The Hall–Kier alpha value is -2.22. The molecule has 1 aliphatic rings. The summed E-state index contributed by atoms with van der Waals surface area (Å²) in [7, 11) is 1.64. The van der Waals surface area contributed by atoms with Crippen LogP contribution in [0.3, 0.4) is 0 Å². The molecule has 3 N–H and O–H groups in total. The fourth-order valence-corrected chi connectivity index (χ4v) is 2.33. The van der Waals surface area contributed by atoms with Crippen LogP contribution >= 0.6 is 0 Å². The van der Waals surface area contributed by atoms with Gasteiger partial charge in [0.15, 0.2) is 11.5 Å². The highest BCUT2D eigenvalue weighted by atomic mass is 16.2. The lowest BCUT2D eigenvalue weighted by atomic mass is 10.1. The topological polar surface area (TPSA) is 98.8 Å². The van der Waals surface area contributed by atoms with Crippen molar-refractivity contribution >= 4 is 22.9 Å². The van der Waals surface area contributed by atoms with Crippen LogP contribution in [0.1, 0.15) is 0 Å². The van der Waals surface area contributed by atoms with Crippen molar-refractivity contribution in [3.05, 3.63) is 12.7 Å².